The topological polar surface area (TPSA) is 39.1 Å². The Labute approximate surface area is 121 Å². The van der Waals surface area contributed by atoms with Crippen molar-refractivity contribution in [2.75, 3.05) is 19.6 Å². The van der Waals surface area contributed by atoms with E-state index in [2.05, 4.69) is 22.4 Å². The molecular formula is C17H23N3. The molecule has 0 unspecified atom stereocenters. The van der Waals surface area contributed by atoms with Crippen molar-refractivity contribution in [3.63, 3.8) is 0 Å². The van der Waals surface area contributed by atoms with E-state index >= 15 is 0 Å². The second kappa shape index (κ2) is 5.95. The first-order valence-electron chi connectivity index (χ1n) is 7.77. The Balaban J connectivity index is 1.78. The van der Waals surface area contributed by atoms with Crippen LogP contribution in [0.5, 0.6) is 0 Å². The minimum Gasteiger partial charge on any atom is -0.314 e. The van der Waals surface area contributed by atoms with Crippen LogP contribution in [-0.2, 0) is 6.54 Å². The third-order valence-electron chi connectivity index (χ3n) is 4.90. The van der Waals surface area contributed by atoms with Crippen molar-refractivity contribution in [2.45, 2.75) is 44.2 Å². The lowest BCUT2D eigenvalue weighted by molar-refractivity contribution is 0.0209. The fourth-order valence-corrected chi connectivity index (χ4v) is 3.79. The molecule has 1 aromatic rings. The van der Waals surface area contributed by atoms with E-state index in [0.29, 0.717) is 5.54 Å². The lowest BCUT2D eigenvalue weighted by Gasteiger charge is -2.50. The largest absolute Gasteiger partial charge is 0.314 e. The van der Waals surface area contributed by atoms with E-state index in [9.17, 15) is 0 Å². The van der Waals surface area contributed by atoms with Gasteiger partial charge in [0.25, 0.3) is 0 Å². The summed E-state index contributed by atoms with van der Waals surface area (Å²) in [7, 11) is 0. The van der Waals surface area contributed by atoms with Gasteiger partial charge in [0.2, 0.25) is 0 Å². The molecule has 106 valence electrons. The van der Waals surface area contributed by atoms with Crippen LogP contribution in [-0.4, -0.2) is 30.1 Å². The molecule has 0 amide bonds. The zero-order valence-corrected chi connectivity index (χ0v) is 12.1. The molecule has 1 spiro atoms. The standard InChI is InChI=1S/C17H23N3/c18-12-15-5-4-6-16(11-15)13-20-10-9-19-14-17(20)7-2-1-3-8-17/h4-6,11,19H,1-3,7-10,13-14H2. The van der Waals surface area contributed by atoms with Crippen molar-refractivity contribution < 1.29 is 0 Å². The number of rotatable bonds is 2. The summed E-state index contributed by atoms with van der Waals surface area (Å²) in [5, 5.41) is 12.6. The second-order valence-electron chi connectivity index (χ2n) is 6.20. The van der Waals surface area contributed by atoms with Crippen LogP contribution in [0.3, 0.4) is 0 Å². The van der Waals surface area contributed by atoms with E-state index < -0.39 is 0 Å². The zero-order chi connectivity index (χ0) is 13.8. The average molecular weight is 269 g/mol. The normalized spacial score (nSPS) is 22.6. The maximum Gasteiger partial charge on any atom is 0.0991 e. The molecule has 1 aliphatic heterocycles. The van der Waals surface area contributed by atoms with Gasteiger partial charge in [-0.1, -0.05) is 31.4 Å². The first kappa shape index (κ1) is 13.6. The molecule has 3 rings (SSSR count). The van der Waals surface area contributed by atoms with Gasteiger partial charge in [-0.2, -0.15) is 5.26 Å². The Bertz CT molecular complexity index is 489. The smallest absolute Gasteiger partial charge is 0.0991 e. The number of piperazine rings is 1. The Kier molecular flexibility index (Phi) is 4.05. The molecule has 2 fully saturated rings. The van der Waals surface area contributed by atoms with Crippen LogP contribution >= 0.6 is 0 Å². The third kappa shape index (κ3) is 2.72. The predicted molar refractivity (Wildman–Crippen MR) is 80.3 cm³/mol. The molecule has 1 saturated heterocycles. The molecule has 0 atom stereocenters. The summed E-state index contributed by atoms with van der Waals surface area (Å²) in [5.74, 6) is 0. The summed E-state index contributed by atoms with van der Waals surface area (Å²) in [4.78, 5) is 2.67. The summed E-state index contributed by atoms with van der Waals surface area (Å²) in [6.07, 6.45) is 6.74. The van der Waals surface area contributed by atoms with Crippen LogP contribution in [0.4, 0.5) is 0 Å². The van der Waals surface area contributed by atoms with Crippen LogP contribution in [0.15, 0.2) is 24.3 Å². The van der Waals surface area contributed by atoms with Crippen LogP contribution < -0.4 is 5.32 Å². The summed E-state index contributed by atoms with van der Waals surface area (Å²) in [6.45, 7) is 4.32. The SMILES string of the molecule is N#Cc1cccc(CN2CCNCC23CCCCC3)c1. The van der Waals surface area contributed by atoms with E-state index in [4.69, 9.17) is 5.26 Å². The number of benzene rings is 1. The summed E-state index contributed by atoms with van der Waals surface area (Å²) < 4.78 is 0. The first-order valence-corrected chi connectivity index (χ1v) is 7.77. The number of nitrogens with zero attached hydrogens (tertiary/aromatic N) is 2. The highest BCUT2D eigenvalue weighted by atomic mass is 15.3. The van der Waals surface area contributed by atoms with Gasteiger partial charge in [0.15, 0.2) is 0 Å². The minimum absolute atomic E-state index is 0.360. The molecule has 0 aromatic heterocycles. The highest BCUT2D eigenvalue weighted by Crippen LogP contribution is 2.35. The predicted octanol–water partition coefficient (Wildman–Crippen LogP) is 2.67. The zero-order valence-electron chi connectivity index (χ0n) is 12.1. The van der Waals surface area contributed by atoms with Crippen LogP contribution in [0.2, 0.25) is 0 Å². The first-order chi connectivity index (χ1) is 9.82. The van der Waals surface area contributed by atoms with Crippen molar-refractivity contribution in [1.29, 1.82) is 5.26 Å². The highest BCUT2D eigenvalue weighted by Gasteiger charge is 2.39. The summed E-state index contributed by atoms with van der Waals surface area (Å²) in [5.41, 5.74) is 2.41. The number of nitriles is 1. The van der Waals surface area contributed by atoms with E-state index in [1.165, 1.54) is 37.7 Å². The van der Waals surface area contributed by atoms with Crippen molar-refractivity contribution in [3.8, 4) is 6.07 Å². The molecular weight excluding hydrogens is 246 g/mol. The van der Waals surface area contributed by atoms with Gasteiger partial charge >= 0.3 is 0 Å². The molecule has 1 heterocycles. The van der Waals surface area contributed by atoms with Crippen molar-refractivity contribution in [3.05, 3.63) is 35.4 Å². The van der Waals surface area contributed by atoms with Gasteiger partial charge in [-0.15, -0.1) is 0 Å². The van der Waals surface area contributed by atoms with Crippen LogP contribution in [0.25, 0.3) is 0 Å². The molecule has 20 heavy (non-hydrogen) atoms. The lowest BCUT2D eigenvalue weighted by atomic mass is 9.79. The fourth-order valence-electron chi connectivity index (χ4n) is 3.79. The Hall–Kier alpha value is -1.37. The lowest BCUT2D eigenvalue weighted by Crippen LogP contribution is -2.61. The molecule has 3 heteroatoms. The van der Waals surface area contributed by atoms with Crippen molar-refractivity contribution >= 4 is 0 Å². The van der Waals surface area contributed by atoms with Crippen molar-refractivity contribution in [1.82, 2.24) is 10.2 Å². The van der Waals surface area contributed by atoms with Crippen LogP contribution in [0, 0.1) is 11.3 Å². The highest BCUT2D eigenvalue weighted by molar-refractivity contribution is 5.32. The Morgan fingerprint density at radius 2 is 2.10 bits per heavy atom. The molecule has 0 bridgehead atoms. The van der Waals surface area contributed by atoms with Gasteiger partial charge in [0, 0.05) is 31.7 Å². The van der Waals surface area contributed by atoms with E-state index in [-0.39, 0.29) is 0 Å². The molecule has 0 radical (unpaired) electrons. The Morgan fingerprint density at radius 3 is 2.90 bits per heavy atom. The number of hydrogen-bond acceptors (Lipinski definition) is 3. The monoisotopic (exact) mass is 269 g/mol. The van der Waals surface area contributed by atoms with Gasteiger partial charge < -0.3 is 5.32 Å². The molecule has 1 N–H and O–H groups in total. The minimum atomic E-state index is 0.360. The van der Waals surface area contributed by atoms with Gasteiger partial charge in [-0.25, -0.2) is 0 Å². The quantitative estimate of drug-likeness (QED) is 0.897. The number of nitrogens with one attached hydrogen (secondary N) is 1. The maximum absolute atomic E-state index is 9.04. The summed E-state index contributed by atoms with van der Waals surface area (Å²) >= 11 is 0. The Morgan fingerprint density at radius 1 is 1.25 bits per heavy atom. The van der Waals surface area contributed by atoms with E-state index in [1.54, 1.807) is 0 Å². The molecule has 1 aromatic carbocycles. The maximum atomic E-state index is 9.04. The number of hydrogen-bond donors (Lipinski definition) is 1. The molecule has 1 aliphatic carbocycles. The van der Waals surface area contributed by atoms with Gasteiger partial charge in [0.1, 0.15) is 0 Å². The fraction of sp³-hybridized carbons (Fsp3) is 0.588. The van der Waals surface area contributed by atoms with Gasteiger partial charge in [-0.05, 0) is 30.5 Å². The van der Waals surface area contributed by atoms with E-state index in [1.807, 2.05) is 18.2 Å². The summed E-state index contributed by atoms with van der Waals surface area (Å²) in [6, 6.07) is 10.3. The van der Waals surface area contributed by atoms with Crippen molar-refractivity contribution in [2.24, 2.45) is 0 Å². The van der Waals surface area contributed by atoms with E-state index in [0.717, 1.165) is 31.7 Å². The molecule has 3 nitrogen and oxygen atoms in total. The molecule has 2 aliphatic rings. The average Bonchev–Trinajstić information content (AvgIpc) is 2.51. The van der Waals surface area contributed by atoms with Crippen LogP contribution in [0.1, 0.15) is 43.2 Å². The van der Waals surface area contributed by atoms with Gasteiger partial charge in [0.05, 0.1) is 11.6 Å². The molecule has 1 saturated carbocycles. The van der Waals surface area contributed by atoms with Gasteiger partial charge in [-0.3, -0.25) is 4.90 Å². The third-order valence-corrected chi connectivity index (χ3v) is 4.90. The second-order valence-corrected chi connectivity index (χ2v) is 6.20.